The third-order valence-electron chi connectivity index (χ3n) is 4.21. The molecule has 1 heterocycles. The molecule has 2 aromatic carbocycles. The predicted molar refractivity (Wildman–Crippen MR) is 108 cm³/mol. The lowest BCUT2D eigenvalue weighted by Crippen LogP contribution is -2.26. The number of aromatic amines is 1. The van der Waals surface area contributed by atoms with Gasteiger partial charge in [0.05, 0.1) is 6.54 Å². The maximum Gasteiger partial charge on any atom is 0.404 e. The number of pyridine rings is 1. The number of amides is 1. The molecule has 0 bridgehead atoms. The Kier molecular flexibility index (Phi) is 6.51. The number of carbonyl (C=O) groups is 1. The molecule has 0 saturated heterocycles. The molecule has 0 aliphatic carbocycles. The van der Waals surface area contributed by atoms with Gasteiger partial charge >= 0.3 is 6.09 Å². The highest BCUT2D eigenvalue weighted by Gasteiger charge is 2.09. The number of benzene rings is 2. The summed E-state index contributed by atoms with van der Waals surface area (Å²) in [5.74, 6) is 0.134. The van der Waals surface area contributed by atoms with E-state index in [1.165, 1.54) is 6.07 Å². The van der Waals surface area contributed by atoms with E-state index in [-0.39, 0.29) is 25.1 Å². The van der Waals surface area contributed by atoms with E-state index in [1.807, 2.05) is 12.1 Å². The molecule has 0 radical (unpaired) electrons. The van der Waals surface area contributed by atoms with Crippen molar-refractivity contribution in [3.05, 3.63) is 87.0 Å². The number of hydrogen-bond acceptors (Lipinski definition) is 3. The second-order valence-corrected chi connectivity index (χ2v) is 6.70. The quantitative estimate of drug-likeness (QED) is 0.506. The lowest BCUT2D eigenvalue weighted by Gasteiger charge is -2.09. The van der Waals surface area contributed by atoms with Gasteiger partial charge in [0.1, 0.15) is 18.2 Å². The molecule has 0 unspecified atom stereocenters. The first kappa shape index (κ1) is 20.4. The molecule has 29 heavy (non-hydrogen) atoms. The first-order chi connectivity index (χ1) is 13.9. The minimum absolute atomic E-state index is 0.143. The van der Waals surface area contributed by atoms with E-state index in [4.69, 9.17) is 21.4 Å². The fourth-order valence-electron chi connectivity index (χ4n) is 2.77. The minimum Gasteiger partial charge on any atom is -0.492 e. The Bertz CT molecular complexity index is 1070. The van der Waals surface area contributed by atoms with Gasteiger partial charge in [0.25, 0.3) is 5.56 Å². The van der Waals surface area contributed by atoms with Crippen molar-refractivity contribution in [1.82, 2.24) is 10.3 Å². The average Bonchev–Trinajstić information content (AvgIpc) is 2.69. The Labute approximate surface area is 170 Å². The van der Waals surface area contributed by atoms with Crippen molar-refractivity contribution in [3.63, 3.8) is 0 Å². The maximum atomic E-state index is 14.1. The van der Waals surface area contributed by atoms with Crippen LogP contribution < -0.4 is 15.6 Å². The summed E-state index contributed by atoms with van der Waals surface area (Å²) in [6, 6.07) is 13.2. The van der Waals surface area contributed by atoms with Crippen LogP contribution in [-0.4, -0.2) is 29.3 Å². The number of halogens is 2. The molecule has 0 aliphatic rings. The smallest absolute Gasteiger partial charge is 0.404 e. The van der Waals surface area contributed by atoms with Gasteiger partial charge in [-0.05, 0) is 47.0 Å². The third-order valence-corrected chi connectivity index (χ3v) is 4.45. The molecule has 3 aromatic rings. The van der Waals surface area contributed by atoms with E-state index >= 15 is 0 Å². The fraction of sp³-hybridized carbons (Fsp3) is 0.143. The van der Waals surface area contributed by atoms with Crippen molar-refractivity contribution >= 4 is 17.7 Å². The zero-order valence-electron chi connectivity index (χ0n) is 15.2. The van der Waals surface area contributed by atoms with Crippen molar-refractivity contribution in [2.24, 2.45) is 0 Å². The Balaban J connectivity index is 1.73. The lowest BCUT2D eigenvalue weighted by molar-refractivity contribution is 0.191. The topological polar surface area (TPSA) is 91.4 Å². The molecule has 1 aromatic heterocycles. The number of carboxylic acid groups (broad SMARTS) is 1. The molecule has 1 amide bonds. The lowest BCUT2D eigenvalue weighted by atomic mass is 10.0. The summed E-state index contributed by atoms with van der Waals surface area (Å²) in [5, 5.41) is 11.0. The van der Waals surface area contributed by atoms with Crippen LogP contribution in [0.1, 0.15) is 11.1 Å². The van der Waals surface area contributed by atoms with E-state index in [2.05, 4.69) is 10.3 Å². The summed E-state index contributed by atoms with van der Waals surface area (Å²) in [7, 11) is 0. The molecular weight excluding hydrogens is 399 g/mol. The van der Waals surface area contributed by atoms with Crippen LogP contribution in [0.3, 0.4) is 0 Å². The molecule has 0 fully saturated rings. The number of ether oxygens (including phenoxy) is 1. The van der Waals surface area contributed by atoms with Gasteiger partial charge in [-0.3, -0.25) is 4.79 Å². The second-order valence-electron chi connectivity index (χ2n) is 6.26. The van der Waals surface area contributed by atoms with Gasteiger partial charge in [-0.1, -0.05) is 29.8 Å². The van der Waals surface area contributed by atoms with Crippen molar-refractivity contribution in [2.45, 2.75) is 6.42 Å². The number of aromatic nitrogens is 1. The fourth-order valence-corrected chi connectivity index (χ4v) is 2.93. The second kappa shape index (κ2) is 9.25. The Hall–Kier alpha value is -3.32. The highest BCUT2D eigenvalue weighted by Crippen LogP contribution is 2.23. The normalized spacial score (nSPS) is 10.6. The highest BCUT2D eigenvalue weighted by molar-refractivity contribution is 6.30. The maximum absolute atomic E-state index is 14.1. The summed E-state index contributed by atoms with van der Waals surface area (Å²) in [6.07, 6.45) is 0.636. The van der Waals surface area contributed by atoms with E-state index in [0.29, 0.717) is 21.9 Å². The van der Waals surface area contributed by atoms with Crippen LogP contribution in [-0.2, 0) is 6.42 Å². The molecule has 0 atom stereocenters. The van der Waals surface area contributed by atoms with Crippen LogP contribution in [0.25, 0.3) is 11.1 Å². The molecule has 0 spiro atoms. The van der Waals surface area contributed by atoms with Gasteiger partial charge in [0.15, 0.2) is 0 Å². The molecule has 0 aliphatic heterocycles. The van der Waals surface area contributed by atoms with Gasteiger partial charge in [-0.15, -0.1) is 0 Å². The zero-order valence-corrected chi connectivity index (χ0v) is 16.0. The van der Waals surface area contributed by atoms with Gasteiger partial charge in [0.2, 0.25) is 0 Å². The Morgan fingerprint density at radius 3 is 2.55 bits per heavy atom. The van der Waals surface area contributed by atoms with Crippen LogP contribution in [0.4, 0.5) is 9.18 Å². The summed E-state index contributed by atoms with van der Waals surface area (Å²) in [6.45, 7) is 0.392. The van der Waals surface area contributed by atoms with Crippen molar-refractivity contribution in [1.29, 1.82) is 0 Å². The van der Waals surface area contributed by atoms with Crippen LogP contribution in [0.15, 0.2) is 59.5 Å². The number of hydrogen-bond donors (Lipinski definition) is 3. The van der Waals surface area contributed by atoms with E-state index in [1.54, 1.807) is 36.5 Å². The Morgan fingerprint density at radius 2 is 1.86 bits per heavy atom. The van der Waals surface area contributed by atoms with Gasteiger partial charge < -0.3 is 20.1 Å². The Morgan fingerprint density at radius 1 is 1.10 bits per heavy atom. The molecule has 8 heteroatoms. The molecule has 150 valence electrons. The van der Waals surface area contributed by atoms with Crippen molar-refractivity contribution in [3.8, 4) is 16.9 Å². The zero-order chi connectivity index (χ0) is 20.8. The van der Waals surface area contributed by atoms with Gasteiger partial charge in [-0.2, -0.15) is 0 Å². The van der Waals surface area contributed by atoms with E-state index in [0.717, 1.165) is 11.1 Å². The SMILES string of the molecule is O=C(O)NCCOc1ccc(-c2c[nH]c(=O)c(Cc3ccc(Cl)cc3F)c2)cc1. The first-order valence-corrected chi connectivity index (χ1v) is 9.16. The molecule has 3 N–H and O–H groups in total. The molecule has 0 saturated carbocycles. The monoisotopic (exact) mass is 416 g/mol. The number of nitrogens with one attached hydrogen (secondary N) is 2. The van der Waals surface area contributed by atoms with Crippen LogP contribution in [0, 0.1) is 5.82 Å². The predicted octanol–water partition coefficient (Wildman–Crippen LogP) is 4.07. The standard InChI is InChI=1S/C21H18ClFN2O4/c22-17-4-1-14(19(23)11-17)9-15-10-16(12-25-20(15)26)13-2-5-18(6-3-13)29-8-7-24-21(27)28/h1-6,10-12,24H,7-9H2,(H,25,26)(H,27,28). The number of H-pyrrole nitrogens is 1. The van der Waals surface area contributed by atoms with Gasteiger partial charge in [0, 0.05) is 23.2 Å². The van der Waals surface area contributed by atoms with Crippen LogP contribution in [0.5, 0.6) is 5.75 Å². The minimum atomic E-state index is -1.10. The third kappa shape index (κ3) is 5.58. The molecule has 3 rings (SSSR count). The van der Waals surface area contributed by atoms with Crippen LogP contribution in [0.2, 0.25) is 5.02 Å². The van der Waals surface area contributed by atoms with Crippen LogP contribution >= 0.6 is 11.6 Å². The number of rotatable bonds is 7. The van der Waals surface area contributed by atoms with E-state index < -0.39 is 11.9 Å². The largest absolute Gasteiger partial charge is 0.492 e. The van der Waals surface area contributed by atoms with E-state index in [9.17, 15) is 14.0 Å². The van der Waals surface area contributed by atoms with Crippen molar-refractivity contribution in [2.75, 3.05) is 13.2 Å². The van der Waals surface area contributed by atoms with Gasteiger partial charge in [-0.25, -0.2) is 9.18 Å². The summed E-state index contributed by atoms with van der Waals surface area (Å²) in [4.78, 5) is 25.2. The van der Waals surface area contributed by atoms with Crippen molar-refractivity contribution < 1.29 is 19.0 Å². The highest BCUT2D eigenvalue weighted by atomic mass is 35.5. The summed E-state index contributed by atoms with van der Waals surface area (Å²) in [5.41, 5.74) is 2.15. The first-order valence-electron chi connectivity index (χ1n) is 8.78. The summed E-state index contributed by atoms with van der Waals surface area (Å²) < 4.78 is 19.5. The summed E-state index contributed by atoms with van der Waals surface area (Å²) >= 11 is 5.78. The molecular formula is C21H18ClFN2O4. The molecule has 6 nitrogen and oxygen atoms in total. The average molecular weight is 417 g/mol.